The quantitative estimate of drug-likeness (QED) is 0.687. The zero-order valence-electron chi connectivity index (χ0n) is 6.94. The van der Waals surface area contributed by atoms with Gasteiger partial charge in [0, 0.05) is 12.7 Å². The molecule has 2 N–H and O–H groups in total. The third-order valence-corrected chi connectivity index (χ3v) is 1.87. The Morgan fingerprint density at radius 3 is 3.08 bits per heavy atom. The molecule has 0 spiro atoms. The van der Waals surface area contributed by atoms with Crippen molar-refractivity contribution in [1.29, 1.82) is 5.26 Å². The van der Waals surface area contributed by atoms with Crippen molar-refractivity contribution in [1.82, 2.24) is 9.38 Å². The van der Waals surface area contributed by atoms with Gasteiger partial charge in [0.25, 0.3) is 0 Å². The number of rotatable bonds is 1. The summed E-state index contributed by atoms with van der Waals surface area (Å²) in [6.45, 7) is 0.395. The molecule has 0 aliphatic carbocycles. The molecule has 0 radical (unpaired) electrons. The van der Waals surface area contributed by atoms with E-state index < -0.39 is 0 Å². The second kappa shape index (κ2) is 2.88. The van der Waals surface area contributed by atoms with Crippen LogP contribution in [-0.2, 0) is 6.54 Å². The average molecular weight is 172 g/mol. The molecule has 2 rings (SSSR count). The second-order valence-electron chi connectivity index (χ2n) is 2.69. The van der Waals surface area contributed by atoms with Crippen LogP contribution in [0.4, 0.5) is 0 Å². The minimum absolute atomic E-state index is 0.395. The predicted molar refractivity (Wildman–Crippen MR) is 47.8 cm³/mol. The number of fused-ring (bicyclic) bond motifs is 1. The topological polar surface area (TPSA) is 67.1 Å². The number of nitrogens with two attached hydrogens (primary N) is 1. The maximum absolute atomic E-state index is 8.79. The van der Waals surface area contributed by atoms with Crippen molar-refractivity contribution in [3.05, 3.63) is 35.8 Å². The minimum Gasteiger partial charge on any atom is -0.325 e. The van der Waals surface area contributed by atoms with E-state index in [-0.39, 0.29) is 0 Å². The Morgan fingerprint density at radius 1 is 1.54 bits per heavy atom. The first-order chi connectivity index (χ1) is 6.35. The number of nitrogens with zero attached hydrogens (tertiary/aromatic N) is 3. The Bertz CT molecular complexity index is 478. The molecule has 64 valence electrons. The monoisotopic (exact) mass is 172 g/mol. The minimum atomic E-state index is 0.395. The third-order valence-electron chi connectivity index (χ3n) is 1.87. The van der Waals surface area contributed by atoms with Crippen LogP contribution in [0.3, 0.4) is 0 Å². The van der Waals surface area contributed by atoms with Gasteiger partial charge in [-0.15, -0.1) is 0 Å². The second-order valence-corrected chi connectivity index (χ2v) is 2.69. The molecular weight excluding hydrogens is 164 g/mol. The van der Waals surface area contributed by atoms with Gasteiger partial charge in [0.05, 0.1) is 5.69 Å². The Morgan fingerprint density at radius 2 is 2.38 bits per heavy atom. The van der Waals surface area contributed by atoms with Crippen molar-refractivity contribution in [2.75, 3.05) is 0 Å². The zero-order chi connectivity index (χ0) is 9.26. The van der Waals surface area contributed by atoms with Crippen LogP contribution in [0.1, 0.15) is 11.4 Å². The molecule has 13 heavy (non-hydrogen) atoms. The summed E-state index contributed by atoms with van der Waals surface area (Å²) in [6, 6.07) is 7.49. The highest BCUT2D eigenvalue weighted by molar-refractivity contribution is 5.44. The summed E-state index contributed by atoms with van der Waals surface area (Å²) in [4.78, 5) is 4.23. The summed E-state index contributed by atoms with van der Waals surface area (Å²) in [7, 11) is 0. The number of hydrogen-bond acceptors (Lipinski definition) is 3. The average Bonchev–Trinajstić information content (AvgIpc) is 2.59. The lowest BCUT2D eigenvalue weighted by Gasteiger charge is -1.93. The van der Waals surface area contributed by atoms with Crippen LogP contribution in [-0.4, -0.2) is 9.38 Å². The fraction of sp³-hybridized carbons (Fsp3) is 0.111. The van der Waals surface area contributed by atoms with Gasteiger partial charge in [-0.05, 0) is 12.1 Å². The van der Waals surface area contributed by atoms with E-state index in [1.54, 1.807) is 22.7 Å². The van der Waals surface area contributed by atoms with E-state index in [2.05, 4.69) is 11.1 Å². The van der Waals surface area contributed by atoms with E-state index in [4.69, 9.17) is 11.0 Å². The van der Waals surface area contributed by atoms with Crippen LogP contribution >= 0.6 is 0 Å². The molecule has 2 aromatic heterocycles. The molecule has 4 heteroatoms. The highest BCUT2D eigenvalue weighted by atomic mass is 15.0. The lowest BCUT2D eigenvalue weighted by Crippen LogP contribution is -1.95. The normalized spacial score (nSPS) is 10.2. The van der Waals surface area contributed by atoms with Crippen molar-refractivity contribution >= 4 is 5.65 Å². The summed E-state index contributed by atoms with van der Waals surface area (Å²) in [5, 5.41) is 8.79. The highest BCUT2D eigenvalue weighted by Gasteiger charge is 2.02. The Kier molecular flexibility index (Phi) is 1.72. The molecule has 0 amide bonds. The summed E-state index contributed by atoms with van der Waals surface area (Å²) in [6.07, 6.45) is 1.79. The summed E-state index contributed by atoms with van der Waals surface area (Å²) < 4.78 is 1.74. The maximum atomic E-state index is 8.79. The number of imidazole rings is 1. The third kappa shape index (κ3) is 1.15. The lowest BCUT2D eigenvalue weighted by atomic mass is 10.3. The van der Waals surface area contributed by atoms with Crippen LogP contribution in [0.2, 0.25) is 0 Å². The maximum Gasteiger partial charge on any atom is 0.138 e. The van der Waals surface area contributed by atoms with E-state index in [1.165, 1.54) is 0 Å². The number of hydrogen-bond donors (Lipinski definition) is 1. The van der Waals surface area contributed by atoms with E-state index in [0.29, 0.717) is 12.2 Å². The molecule has 0 fully saturated rings. The summed E-state index contributed by atoms with van der Waals surface area (Å²) in [5.74, 6) is 0. The first-order valence-electron chi connectivity index (χ1n) is 3.92. The van der Waals surface area contributed by atoms with Gasteiger partial charge < -0.3 is 5.73 Å². The van der Waals surface area contributed by atoms with Crippen molar-refractivity contribution in [3.8, 4) is 6.07 Å². The number of nitriles is 1. The van der Waals surface area contributed by atoms with E-state index >= 15 is 0 Å². The van der Waals surface area contributed by atoms with Gasteiger partial charge >= 0.3 is 0 Å². The van der Waals surface area contributed by atoms with Gasteiger partial charge in [0.15, 0.2) is 0 Å². The molecule has 0 aliphatic rings. The molecule has 0 saturated carbocycles. The molecule has 2 heterocycles. The predicted octanol–water partition coefficient (Wildman–Crippen LogP) is 0.665. The Labute approximate surface area is 75.2 Å². The van der Waals surface area contributed by atoms with Crippen LogP contribution in [0.5, 0.6) is 0 Å². The number of aromatic nitrogens is 2. The molecule has 2 aromatic rings. The molecule has 4 nitrogen and oxygen atoms in total. The summed E-state index contributed by atoms with van der Waals surface area (Å²) in [5.41, 5.74) is 7.58. The van der Waals surface area contributed by atoms with E-state index in [9.17, 15) is 0 Å². The van der Waals surface area contributed by atoms with Crippen LogP contribution in [0.15, 0.2) is 24.4 Å². The van der Waals surface area contributed by atoms with Gasteiger partial charge in [-0.2, -0.15) is 5.26 Å². The molecule has 0 aliphatic heterocycles. The number of pyridine rings is 1. The summed E-state index contributed by atoms with van der Waals surface area (Å²) >= 11 is 0. The van der Waals surface area contributed by atoms with Crippen LogP contribution in [0, 0.1) is 11.3 Å². The van der Waals surface area contributed by atoms with Crippen molar-refractivity contribution in [2.24, 2.45) is 5.73 Å². The smallest absolute Gasteiger partial charge is 0.138 e. The highest BCUT2D eigenvalue weighted by Crippen LogP contribution is 2.07. The first-order valence-corrected chi connectivity index (χ1v) is 3.92. The van der Waals surface area contributed by atoms with Gasteiger partial charge in [-0.25, -0.2) is 4.98 Å². The SMILES string of the molecule is N#Cc1cccc2nc(CN)cn12. The van der Waals surface area contributed by atoms with Crippen molar-refractivity contribution < 1.29 is 0 Å². The molecule has 0 saturated heterocycles. The molecule has 0 atom stereocenters. The van der Waals surface area contributed by atoms with Gasteiger partial charge in [0.2, 0.25) is 0 Å². The fourth-order valence-corrected chi connectivity index (χ4v) is 1.25. The standard InChI is InChI=1S/C9H8N4/c10-4-7-6-13-8(5-11)2-1-3-9(13)12-7/h1-3,6H,4,10H2. The van der Waals surface area contributed by atoms with Crippen LogP contribution < -0.4 is 5.73 Å². The van der Waals surface area contributed by atoms with Crippen molar-refractivity contribution in [2.45, 2.75) is 6.54 Å². The molecular formula is C9H8N4. The zero-order valence-corrected chi connectivity index (χ0v) is 6.94. The van der Waals surface area contributed by atoms with E-state index in [0.717, 1.165) is 11.3 Å². The van der Waals surface area contributed by atoms with Crippen molar-refractivity contribution in [3.63, 3.8) is 0 Å². The Hall–Kier alpha value is -1.86. The van der Waals surface area contributed by atoms with Gasteiger partial charge in [-0.3, -0.25) is 4.40 Å². The van der Waals surface area contributed by atoms with Gasteiger partial charge in [0.1, 0.15) is 17.4 Å². The first kappa shape index (κ1) is 7.77. The fourth-order valence-electron chi connectivity index (χ4n) is 1.25. The molecule has 0 bridgehead atoms. The molecule has 0 aromatic carbocycles. The van der Waals surface area contributed by atoms with Crippen LogP contribution in [0.25, 0.3) is 5.65 Å². The largest absolute Gasteiger partial charge is 0.325 e. The lowest BCUT2D eigenvalue weighted by molar-refractivity contribution is 1.01. The van der Waals surface area contributed by atoms with E-state index in [1.807, 2.05) is 6.07 Å². The Balaban J connectivity index is 2.76. The van der Waals surface area contributed by atoms with Gasteiger partial charge in [-0.1, -0.05) is 6.07 Å². The molecule has 0 unspecified atom stereocenters.